The molecule has 148 valence electrons. The lowest BCUT2D eigenvalue weighted by atomic mass is 9.59. The van der Waals surface area contributed by atoms with E-state index in [4.69, 9.17) is 14.2 Å². The highest BCUT2D eigenvalue weighted by Gasteiger charge is 2.58. The average molecular weight is 366 g/mol. The Morgan fingerprint density at radius 3 is 2.35 bits per heavy atom. The molecule has 1 N–H and O–H groups in total. The van der Waals surface area contributed by atoms with E-state index in [0.29, 0.717) is 25.0 Å². The predicted molar refractivity (Wildman–Crippen MR) is 101 cm³/mol. The van der Waals surface area contributed by atoms with Gasteiger partial charge in [-0.3, -0.25) is 0 Å². The van der Waals surface area contributed by atoms with Crippen molar-refractivity contribution in [1.82, 2.24) is 0 Å². The van der Waals surface area contributed by atoms with Crippen LogP contribution in [0.1, 0.15) is 67.7 Å². The Balaban J connectivity index is 2.50. The lowest BCUT2D eigenvalue weighted by Gasteiger charge is -2.52. The monoisotopic (exact) mass is 366 g/mol. The van der Waals surface area contributed by atoms with Crippen LogP contribution in [-0.2, 0) is 19.0 Å². The van der Waals surface area contributed by atoms with Crippen molar-refractivity contribution in [3.63, 3.8) is 0 Å². The largest absolute Gasteiger partial charge is 0.463 e. The second-order valence-corrected chi connectivity index (χ2v) is 8.23. The third-order valence-corrected chi connectivity index (χ3v) is 5.67. The first kappa shape index (κ1) is 21.1. The highest BCUT2D eigenvalue weighted by Crippen LogP contribution is 2.55. The zero-order valence-electron chi connectivity index (χ0n) is 17.2. The van der Waals surface area contributed by atoms with Crippen molar-refractivity contribution in [3.8, 4) is 0 Å². The van der Waals surface area contributed by atoms with Crippen molar-refractivity contribution in [2.45, 2.75) is 91.3 Å². The van der Waals surface area contributed by atoms with E-state index in [1.165, 1.54) is 6.08 Å². The maximum absolute atomic E-state index is 12.1. The minimum absolute atomic E-state index is 0.00812. The summed E-state index contributed by atoms with van der Waals surface area (Å²) in [5.41, 5.74) is -0.392. The number of carbonyl (C=O) groups excluding carboxylic acids is 1. The van der Waals surface area contributed by atoms with Gasteiger partial charge in [0.25, 0.3) is 0 Å². The fraction of sp³-hybridized carbons (Fsp3) is 0.762. The van der Waals surface area contributed by atoms with Gasteiger partial charge in [-0.15, -0.1) is 0 Å². The molecule has 26 heavy (non-hydrogen) atoms. The number of aliphatic hydroxyl groups is 1. The molecule has 1 spiro atoms. The van der Waals surface area contributed by atoms with Crippen LogP contribution in [0.4, 0.5) is 0 Å². The smallest absolute Gasteiger partial charge is 0.330 e. The second-order valence-electron chi connectivity index (χ2n) is 8.23. The van der Waals surface area contributed by atoms with Gasteiger partial charge in [0.05, 0.1) is 18.8 Å². The number of rotatable bonds is 5. The molecule has 0 aromatic heterocycles. The molecule has 0 amide bonds. The van der Waals surface area contributed by atoms with E-state index in [2.05, 4.69) is 0 Å². The van der Waals surface area contributed by atoms with Crippen molar-refractivity contribution in [2.24, 2.45) is 5.41 Å². The van der Waals surface area contributed by atoms with Gasteiger partial charge in [0, 0.05) is 17.9 Å². The molecular weight excluding hydrogens is 332 g/mol. The van der Waals surface area contributed by atoms with Crippen LogP contribution in [0.5, 0.6) is 0 Å². The molecule has 3 unspecified atom stereocenters. The molecule has 0 radical (unpaired) electrons. The van der Waals surface area contributed by atoms with Crippen LogP contribution in [0.25, 0.3) is 0 Å². The Morgan fingerprint density at radius 1 is 1.31 bits per heavy atom. The van der Waals surface area contributed by atoms with E-state index < -0.39 is 22.8 Å². The maximum atomic E-state index is 12.1. The summed E-state index contributed by atoms with van der Waals surface area (Å²) in [6, 6.07) is 0. The summed E-state index contributed by atoms with van der Waals surface area (Å²) in [6.07, 6.45) is 5.29. The van der Waals surface area contributed by atoms with Gasteiger partial charge in [-0.2, -0.15) is 0 Å². The van der Waals surface area contributed by atoms with E-state index in [0.717, 1.165) is 12.0 Å². The minimum Gasteiger partial charge on any atom is -0.463 e. The third-order valence-electron chi connectivity index (χ3n) is 5.67. The number of hydrogen-bond donors (Lipinski definition) is 1. The molecule has 5 heteroatoms. The molecule has 1 aliphatic carbocycles. The fourth-order valence-electron chi connectivity index (χ4n) is 4.40. The first-order chi connectivity index (χ1) is 12.0. The lowest BCUT2D eigenvalue weighted by Crippen LogP contribution is -2.55. The highest BCUT2D eigenvalue weighted by molar-refractivity contribution is 5.83. The van der Waals surface area contributed by atoms with Crippen molar-refractivity contribution in [2.75, 3.05) is 6.61 Å². The normalized spacial score (nSPS) is 36.9. The van der Waals surface area contributed by atoms with Crippen LogP contribution < -0.4 is 0 Å². The summed E-state index contributed by atoms with van der Waals surface area (Å²) in [4.78, 5) is 12.1. The van der Waals surface area contributed by atoms with E-state index in [9.17, 15) is 9.90 Å². The van der Waals surface area contributed by atoms with E-state index >= 15 is 0 Å². The average Bonchev–Trinajstić information content (AvgIpc) is 2.77. The molecule has 0 bridgehead atoms. The topological polar surface area (TPSA) is 65.0 Å². The highest BCUT2D eigenvalue weighted by atomic mass is 16.8. The molecule has 1 saturated heterocycles. The van der Waals surface area contributed by atoms with Crippen molar-refractivity contribution < 1.29 is 24.1 Å². The molecule has 0 saturated carbocycles. The quantitative estimate of drug-likeness (QED) is 0.454. The van der Waals surface area contributed by atoms with Gasteiger partial charge in [-0.25, -0.2) is 4.79 Å². The molecule has 2 aliphatic rings. The first-order valence-electron chi connectivity index (χ1n) is 9.67. The van der Waals surface area contributed by atoms with Crippen LogP contribution in [0.15, 0.2) is 23.3 Å². The van der Waals surface area contributed by atoms with Crippen LogP contribution in [0.3, 0.4) is 0 Å². The second kappa shape index (κ2) is 7.45. The Bertz CT molecular complexity index is 594. The molecule has 3 atom stereocenters. The molecule has 1 aliphatic heterocycles. The Kier molecular flexibility index (Phi) is 6.06. The van der Waals surface area contributed by atoms with Gasteiger partial charge >= 0.3 is 5.97 Å². The van der Waals surface area contributed by atoms with Crippen LogP contribution in [-0.4, -0.2) is 41.3 Å². The summed E-state index contributed by atoms with van der Waals surface area (Å²) in [7, 11) is 0. The molecule has 0 aromatic rings. The summed E-state index contributed by atoms with van der Waals surface area (Å²) < 4.78 is 17.4. The predicted octanol–water partition coefficient (Wildman–Crippen LogP) is 3.90. The zero-order chi connectivity index (χ0) is 19.8. The summed E-state index contributed by atoms with van der Waals surface area (Å²) >= 11 is 0. The van der Waals surface area contributed by atoms with Gasteiger partial charge in [0.2, 0.25) is 0 Å². The molecule has 0 aromatic carbocycles. The van der Waals surface area contributed by atoms with Gasteiger partial charge < -0.3 is 19.3 Å². The summed E-state index contributed by atoms with van der Waals surface area (Å²) in [5.74, 6) is -1.23. The molecule has 2 rings (SSSR count). The Hall–Kier alpha value is -1.17. The van der Waals surface area contributed by atoms with Crippen molar-refractivity contribution in [3.05, 3.63) is 23.3 Å². The van der Waals surface area contributed by atoms with E-state index in [-0.39, 0.29) is 12.2 Å². The fourth-order valence-corrected chi connectivity index (χ4v) is 4.40. The minimum atomic E-state index is -1.25. The lowest BCUT2D eigenvalue weighted by molar-refractivity contribution is -0.185. The SMILES string of the molecule is CCC/C(=C/C(=O)OCC)C1(O)C(C)=CC2(CC1(C)C)OC(C)C(C)O2. The van der Waals surface area contributed by atoms with Crippen molar-refractivity contribution in [1.29, 1.82) is 0 Å². The standard InChI is InChI=1S/C21H34O5/c1-8-10-17(11-18(22)24-9-2)21(23)14(3)12-20(13-19(21,6)7)25-15(4)16(5)26-20/h11-12,15-16,23H,8-10,13H2,1-7H3/b17-11-. The third kappa shape index (κ3) is 3.62. The summed E-state index contributed by atoms with van der Waals surface area (Å²) in [6.45, 7) is 14.0. The maximum Gasteiger partial charge on any atom is 0.330 e. The number of ether oxygens (including phenoxy) is 3. The van der Waals surface area contributed by atoms with E-state index in [1.807, 2.05) is 47.6 Å². The number of esters is 1. The molecule has 5 nitrogen and oxygen atoms in total. The van der Waals surface area contributed by atoms with Crippen LogP contribution in [0, 0.1) is 5.41 Å². The van der Waals surface area contributed by atoms with Gasteiger partial charge in [-0.1, -0.05) is 27.2 Å². The van der Waals surface area contributed by atoms with Crippen molar-refractivity contribution >= 4 is 5.97 Å². The number of hydrogen-bond acceptors (Lipinski definition) is 5. The number of carbonyl (C=O) groups is 1. The van der Waals surface area contributed by atoms with Gasteiger partial charge in [0.15, 0.2) is 5.79 Å². The van der Waals surface area contributed by atoms with Gasteiger partial charge in [0.1, 0.15) is 5.60 Å². The molecular formula is C21H34O5. The summed E-state index contributed by atoms with van der Waals surface area (Å²) in [5, 5.41) is 11.8. The molecule has 1 fully saturated rings. The van der Waals surface area contributed by atoms with Crippen LogP contribution >= 0.6 is 0 Å². The first-order valence-corrected chi connectivity index (χ1v) is 9.67. The van der Waals surface area contributed by atoms with Crippen LogP contribution in [0.2, 0.25) is 0 Å². The molecule has 1 heterocycles. The zero-order valence-corrected chi connectivity index (χ0v) is 17.2. The Labute approximate surface area is 157 Å². The Morgan fingerprint density at radius 2 is 1.88 bits per heavy atom. The van der Waals surface area contributed by atoms with E-state index in [1.54, 1.807) is 6.92 Å². The van der Waals surface area contributed by atoms with Gasteiger partial charge in [-0.05, 0) is 51.3 Å².